The Morgan fingerprint density at radius 2 is 1.87 bits per heavy atom. The van der Waals surface area contributed by atoms with Crippen molar-refractivity contribution in [2.75, 3.05) is 14.2 Å². The summed E-state index contributed by atoms with van der Waals surface area (Å²) in [5.74, 6) is 2.51. The molecule has 31 heavy (non-hydrogen) atoms. The highest BCUT2D eigenvalue weighted by molar-refractivity contribution is 5.81. The number of aromatic nitrogens is 7. The van der Waals surface area contributed by atoms with Gasteiger partial charge >= 0.3 is 0 Å². The van der Waals surface area contributed by atoms with Crippen LogP contribution in [0.2, 0.25) is 0 Å². The van der Waals surface area contributed by atoms with E-state index in [4.69, 9.17) is 18.7 Å². The SMILES string of the molecule is COc1cc2c(cnn2C)cc1COc1nn2c(-c3cc(C)on3)nnc2cc1OC. The molecule has 0 saturated carbocycles. The quantitative estimate of drug-likeness (QED) is 0.408. The van der Waals surface area contributed by atoms with E-state index in [0.29, 0.717) is 34.4 Å². The molecule has 4 aromatic heterocycles. The fourth-order valence-corrected chi connectivity index (χ4v) is 3.35. The second-order valence-electron chi connectivity index (χ2n) is 6.91. The van der Waals surface area contributed by atoms with Gasteiger partial charge in [0, 0.05) is 36.2 Å². The molecule has 0 bridgehead atoms. The van der Waals surface area contributed by atoms with Crippen LogP contribution in [0.25, 0.3) is 28.1 Å². The number of hydrogen-bond acceptors (Lipinski definition) is 9. The van der Waals surface area contributed by atoms with Crippen molar-refractivity contribution in [2.24, 2.45) is 7.05 Å². The van der Waals surface area contributed by atoms with Crippen LogP contribution in [0.15, 0.2) is 35.0 Å². The van der Waals surface area contributed by atoms with E-state index in [9.17, 15) is 0 Å². The van der Waals surface area contributed by atoms with Crippen molar-refractivity contribution in [3.05, 3.63) is 41.8 Å². The van der Waals surface area contributed by atoms with Crippen LogP contribution >= 0.6 is 0 Å². The molecule has 0 aliphatic rings. The van der Waals surface area contributed by atoms with Crippen LogP contribution in [0.1, 0.15) is 11.3 Å². The van der Waals surface area contributed by atoms with Crippen LogP contribution in [0.3, 0.4) is 0 Å². The van der Waals surface area contributed by atoms with Gasteiger partial charge < -0.3 is 18.7 Å². The summed E-state index contributed by atoms with van der Waals surface area (Å²) in [6.45, 7) is 2.01. The molecule has 0 radical (unpaired) electrons. The summed E-state index contributed by atoms with van der Waals surface area (Å²) in [7, 11) is 5.05. The van der Waals surface area contributed by atoms with Crippen LogP contribution < -0.4 is 14.2 Å². The van der Waals surface area contributed by atoms with Gasteiger partial charge in [-0.3, -0.25) is 4.68 Å². The summed E-state index contributed by atoms with van der Waals surface area (Å²) in [5.41, 5.74) is 2.84. The molecule has 5 rings (SSSR count). The Balaban J connectivity index is 1.52. The summed E-state index contributed by atoms with van der Waals surface area (Å²) in [6.07, 6.45) is 1.80. The van der Waals surface area contributed by atoms with Crippen molar-refractivity contribution in [1.82, 2.24) is 34.7 Å². The average Bonchev–Trinajstić information content (AvgIpc) is 3.49. The number of ether oxygens (including phenoxy) is 3. The van der Waals surface area contributed by atoms with Crippen LogP contribution in [-0.2, 0) is 13.7 Å². The van der Waals surface area contributed by atoms with E-state index in [2.05, 4.69) is 25.6 Å². The lowest BCUT2D eigenvalue weighted by molar-refractivity contribution is 0.262. The summed E-state index contributed by atoms with van der Waals surface area (Å²) < 4.78 is 25.5. The van der Waals surface area contributed by atoms with E-state index in [0.717, 1.165) is 16.5 Å². The summed E-state index contributed by atoms with van der Waals surface area (Å²) in [4.78, 5) is 0. The number of hydrogen-bond donors (Lipinski definition) is 0. The first kappa shape index (κ1) is 18.9. The highest BCUT2D eigenvalue weighted by atomic mass is 16.5. The van der Waals surface area contributed by atoms with Crippen molar-refractivity contribution in [2.45, 2.75) is 13.5 Å². The minimum atomic E-state index is 0.212. The van der Waals surface area contributed by atoms with Crippen LogP contribution in [0.5, 0.6) is 17.4 Å². The van der Waals surface area contributed by atoms with Gasteiger partial charge in [-0.25, -0.2) is 0 Å². The van der Waals surface area contributed by atoms with Gasteiger partial charge in [0.05, 0.1) is 25.9 Å². The fraction of sp³-hybridized carbons (Fsp3) is 0.250. The van der Waals surface area contributed by atoms with E-state index < -0.39 is 0 Å². The summed E-state index contributed by atoms with van der Waals surface area (Å²) >= 11 is 0. The van der Waals surface area contributed by atoms with Gasteiger partial charge in [-0.2, -0.15) is 9.61 Å². The smallest absolute Gasteiger partial charge is 0.275 e. The molecule has 11 heteroatoms. The normalized spacial score (nSPS) is 11.4. The Kier molecular flexibility index (Phi) is 4.42. The molecule has 0 unspecified atom stereocenters. The van der Waals surface area contributed by atoms with Crippen LogP contribution in [0, 0.1) is 6.92 Å². The molecule has 0 aliphatic heterocycles. The summed E-state index contributed by atoms with van der Waals surface area (Å²) in [6, 6.07) is 7.37. The molecular formula is C20H19N7O4. The highest BCUT2D eigenvalue weighted by Crippen LogP contribution is 2.30. The second-order valence-corrected chi connectivity index (χ2v) is 6.91. The van der Waals surface area contributed by atoms with Gasteiger partial charge in [-0.05, 0) is 13.0 Å². The van der Waals surface area contributed by atoms with Crippen molar-refractivity contribution < 1.29 is 18.7 Å². The maximum atomic E-state index is 6.02. The topological polar surface area (TPSA) is 115 Å². The predicted octanol–water partition coefficient (Wildman–Crippen LogP) is 2.57. The van der Waals surface area contributed by atoms with Crippen LogP contribution in [0.4, 0.5) is 0 Å². The zero-order valence-electron chi connectivity index (χ0n) is 17.4. The van der Waals surface area contributed by atoms with E-state index >= 15 is 0 Å². The molecule has 0 spiro atoms. The molecule has 11 nitrogen and oxygen atoms in total. The molecule has 0 saturated heterocycles. The Hall–Kier alpha value is -4.15. The number of rotatable bonds is 6. The Morgan fingerprint density at radius 3 is 2.61 bits per heavy atom. The molecule has 0 fully saturated rings. The molecule has 0 aliphatic carbocycles. The highest BCUT2D eigenvalue weighted by Gasteiger charge is 2.18. The lowest BCUT2D eigenvalue weighted by Gasteiger charge is -2.12. The van der Waals surface area contributed by atoms with Crippen molar-refractivity contribution in [3.8, 4) is 28.9 Å². The predicted molar refractivity (Wildman–Crippen MR) is 109 cm³/mol. The Labute approximate surface area is 176 Å². The minimum Gasteiger partial charge on any atom is -0.496 e. The van der Waals surface area contributed by atoms with E-state index in [-0.39, 0.29) is 12.5 Å². The fourth-order valence-electron chi connectivity index (χ4n) is 3.35. The van der Waals surface area contributed by atoms with Gasteiger partial charge in [0.1, 0.15) is 18.1 Å². The van der Waals surface area contributed by atoms with Gasteiger partial charge in [-0.1, -0.05) is 5.16 Å². The third-order valence-corrected chi connectivity index (χ3v) is 4.92. The first-order valence-corrected chi connectivity index (χ1v) is 9.43. The van der Waals surface area contributed by atoms with Crippen LogP contribution in [-0.4, -0.2) is 49.0 Å². The molecule has 1 aromatic carbocycles. The van der Waals surface area contributed by atoms with Gasteiger partial charge in [0.2, 0.25) is 5.82 Å². The standard InChI is InChI=1S/C20H19N7O4/c1-11-5-14(25-31-11)19-23-22-18-8-17(29-4)20(24-27(18)19)30-10-13-6-12-9-21-26(2)15(12)7-16(13)28-3/h5-9H,10H2,1-4H3. The first-order chi connectivity index (χ1) is 15.1. The molecular weight excluding hydrogens is 402 g/mol. The first-order valence-electron chi connectivity index (χ1n) is 9.43. The maximum absolute atomic E-state index is 6.02. The molecule has 158 valence electrons. The monoisotopic (exact) mass is 421 g/mol. The third-order valence-electron chi connectivity index (χ3n) is 4.92. The number of fused-ring (bicyclic) bond motifs is 2. The van der Waals surface area contributed by atoms with Crippen molar-refractivity contribution >= 4 is 16.6 Å². The molecule has 0 atom stereocenters. The van der Waals surface area contributed by atoms with Crippen molar-refractivity contribution in [3.63, 3.8) is 0 Å². The molecule has 0 N–H and O–H groups in total. The second kappa shape index (κ2) is 7.27. The van der Waals surface area contributed by atoms with Gasteiger partial charge in [0.25, 0.3) is 5.88 Å². The van der Waals surface area contributed by atoms with Gasteiger partial charge in [0.15, 0.2) is 17.1 Å². The zero-order chi connectivity index (χ0) is 21.5. The lowest BCUT2D eigenvalue weighted by atomic mass is 10.1. The lowest BCUT2D eigenvalue weighted by Crippen LogP contribution is -2.05. The van der Waals surface area contributed by atoms with E-state index in [1.54, 1.807) is 44.2 Å². The maximum Gasteiger partial charge on any atom is 0.275 e. The third kappa shape index (κ3) is 3.19. The number of methoxy groups -OCH3 is 2. The Morgan fingerprint density at radius 1 is 1.03 bits per heavy atom. The van der Waals surface area contributed by atoms with E-state index in [1.807, 2.05) is 19.2 Å². The minimum absolute atomic E-state index is 0.212. The average molecular weight is 421 g/mol. The molecule has 4 heterocycles. The number of nitrogens with zero attached hydrogens (tertiary/aromatic N) is 7. The Bertz CT molecular complexity index is 1400. The zero-order valence-corrected chi connectivity index (χ0v) is 17.4. The van der Waals surface area contributed by atoms with Crippen molar-refractivity contribution in [1.29, 1.82) is 0 Å². The molecule has 0 amide bonds. The summed E-state index contributed by atoms with van der Waals surface area (Å²) in [5, 5.41) is 22.1. The number of aryl methyl sites for hydroxylation is 2. The number of benzene rings is 1. The largest absolute Gasteiger partial charge is 0.496 e. The molecule has 5 aromatic rings. The van der Waals surface area contributed by atoms with Gasteiger partial charge in [-0.15, -0.1) is 15.3 Å². The van der Waals surface area contributed by atoms with E-state index in [1.165, 1.54) is 4.52 Å².